The van der Waals surface area contributed by atoms with Crippen molar-refractivity contribution < 1.29 is 9.59 Å². The van der Waals surface area contributed by atoms with E-state index in [2.05, 4.69) is 16.4 Å². The minimum atomic E-state index is -0.135. The van der Waals surface area contributed by atoms with Gasteiger partial charge in [-0.25, -0.2) is 0 Å². The van der Waals surface area contributed by atoms with Gasteiger partial charge in [0.2, 0.25) is 11.8 Å². The zero-order chi connectivity index (χ0) is 20.1. The first-order valence-electron chi connectivity index (χ1n) is 9.31. The SMILES string of the molecule is CC(=O)N(CCC(=O)Nc1cccc(Cl)c1C)CCc1c[nH]c2ccccc12. The number of fused-ring (bicyclic) bond motifs is 1. The molecule has 0 spiro atoms. The molecule has 2 amide bonds. The predicted octanol–water partition coefficient (Wildman–Crippen LogP) is 4.55. The molecule has 146 valence electrons. The number of H-pyrrole nitrogens is 1. The molecule has 0 unspecified atom stereocenters. The van der Waals surface area contributed by atoms with Crippen molar-refractivity contribution in [3.8, 4) is 0 Å². The molecule has 0 saturated carbocycles. The second-order valence-electron chi connectivity index (χ2n) is 6.83. The number of nitrogens with zero attached hydrogens (tertiary/aromatic N) is 1. The summed E-state index contributed by atoms with van der Waals surface area (Å²) < 4.78 is 0. The molecule has 0 bridgehead atoms. The number of hydrogen-bond acceptors (Lipinski definition) is 2. The van der Waals surface area contributed by atoms with Gasteiger partial charge in [0.05, 0.1) is 0 Å². The average molecular weight is 398 g/mol. The van der Waals surface area contributed by atoms with Gasteiger partial charge >= 0.3 is 0 Å². The zero-order valence-electron chi connectivity index (χ0n) is 16.1. The van der Waals surface area contributed by atoms with E-state index in [0.717, 1.165) is 17.5 Å². The highest BCUT2D eigenvalue weighted by atomic mass is 35.5. The summed E-state index contributed by atoms with van der Waals surface area (Å²) in [6.45, 7) is 4.35. The zero-order valence-corrected chi connectivity index (χ0v) is 16.8. The molecule has 3 aromatic rings. The number of carbonyl (C=O) groups is 2. The second-order valence-corrected chi connectivity index (χ2v) is 7.23. The number of benzene rings is 2. The maximum absolute atomic E-state index is 12.3. The third-order valence-electron chi connectivity index (χ3n) is 4.92. The summed E-state index contributed by atoms with van der Waals surface area (Å²) in [4.78, 5) is 29.3. The standard InChI is InChI=1S/C22H24ClN3O2/c1-15-19(23)7-5-9-20(15)25-22(28)11-13-26(16(2)27)12-10-17-14-24-21-8-4-3-6-18(17)21/h3-9,14,24H,10-13H2,1-2H3,(H,25,28). The molecule has 0 aliphatic carbocycles. The van der Waals surface area contributed by atoms with E-state index in [1.807, 2.05) is 37.4 Å². The molecule has 3 rings (SSSR count). The van der Waals surface area contributed by atoms with Gasteiger partial charge < -0.3 is 15.2 Å². The Kier molecular flexibility index (Phi) is 6.37. The van der Waals surface area contributed by atoms with Crippen molar-refractivity contribution in [2.75, 3.05) is 18.4 Å². The van der Waals surface area contributed by atoms with Crippen molar-refractivity contribution >= 4 is 40.0 Å². The molecule has 0 aliphatic heterocycles. The average Bonchev–Trinajstić information content (AvgIpc) is 3.08. The maximum atomic E-state index is 12.3. The summed E-state index contributed by atoms with van der Waals surface area (Å²) >= 11 is 6.09. The van der Waals surface area contributed by atoms with Crippen LogP contribution in [0.25, 0.3) is 10.9 Å². The third kappa shape index (κ3) is 4.73. The van der Waals surface area contributed by atoms with Gasteiger partial charge in [-0.2, -0.15) is 0 Å². The number of hydrogen-bond donors (Lipinski definition) is 2. The van der Waals surface area contributed by atoms with Crippen LogP contribution < -0.4 is 5.32 Å². The predicted molar refractivity (Wildman–Crippen MR) is 114 cm³/mol. The molecule has 1 aromatic heterocycles. The highest BCUT2D eigenvalue weighted by Crippen LogP contribution is 2.23. The number of carbonyl (C=O) groups excluding carboxylic acids is 2. The van der Waals surface area contributed by atoms with Crippen molar-refractivity contribution in [3.63, 3.8) is 0 Å². The summed E-state index contributed by atoms with van der Waals surface area (Å²) in [5.74, 6) is -0.171. The van der Waals surface area contributed by atoms with Crippen LogP contribution in [-0.2, 0) is 16.0 Å². The number of halogens is 1. The van der Waals surface area contributed by atoms with Crippen molar-refractivity contribution in [1.82, 2.24) is 9.88 Å². The van der Waals surface area contributed by atoms with E-state index >= 15 is 0 Å². The van der Waals surface area contributed by atoms with Crippen molar-refractivity contribution in [2.24, 2.45) is 0 Å². The fourth-order valence-electron chi connectivity index (χ4n) is 3.21. The Morgan fingerprint density at radius 1 is 1.11 bits per heavy atom. The van der Waals surface area contributed by atoms with E-state index in [1.165, 1.54) is 17.9 Å². The first-order valence-corrected chi connectivity index (χ1v) is 9.69. The van der Waals surface area contributed by atoms with Crippen LogP contribution in [-0.4, -0.2) is 34.8 Å². The van der Waals surface area contributed by atoms with Crippen LogP contribution in [0, 0.1) is 6.92 Å². The van der Waals surface area contributed by atoms with Gasteiger partial charge in [-0.05, 0) is 42.7 Å². The minimum Gasteiger partial charge on any atom is -0.361 e. The molecular weight excluding hydrogens is 374 g/mol. The third-order valence-corrected chi connectivity index (χ3v) is 5.33. The number of anilines is 1. The van der Waals surface area contributed by atoms with Gasteiger partial charge in [0.15, 0.2) is 0 Å². The van der Waals surface area contributed by atoms with Gasteiger partial charge in [0.25, 0.3) is 0 Å². The van der Waals surface area contributed by atoms with Gasteiger partial charge in [0, 0.05) is 54.2 Å². The molecule has 2 aromatic carbocycles. The first-order chi connectivity index (χ1) is 13.5. The molecule has 0 radical (unpaired) electrons. The molecule has 0 fully saturated rings. The van der Waals surface area contributed by atoms with Gasteiger partial charge in [-0.15, -0.1) is 0 Å². The van der Waals surface area contributed by atoms with Crippen molar-refractivity contribution in [1.29, 1.82) is 0 Å². The number of para-hydroxylation sites is 1. The fourth-order valence-corrected chi connectivity index (χ4v) is 3.39. The Morgan fingerprint density at radius 3 is 2.68 bits per heavy atom. The molecule has 5 nitrogen and oxygen atoms in total. The molecule has 28 heavy (non-hydrogen) atoms. The molecule has 6 heteroatoms. The number of rotatable bonds is 7. The van der Waals surface area contributed by atoms with E-state index < -0.39 is 0 Å². The Labute approximate surface area is 169 Å². The monoisotopic (exact) mass is 397 g/mol. The summed E-state index contributed by atoms with van der Waals surface area (Å²) in [5.41, 5.74) is 3.79. The molecule has 0 aliphatic rings. The van der Waals surface area contributed by atoms with Crippen LogP contribution in [0.15, 0.2) is 48.7 Å². The van der Waals surface area contributed by atoms with Crippen LogP contribution in [0.2, 0.25) is 5.02 Å². The Balaban J connectivity index is 1.56. The smallest absolute Gasteiger partial charge is 0.226 e. The molecule has 2 N–H and O–H groups in total. The summed E-state index contributed by atoms with van der Waals surface area (Å²) in [6, 6.07) is 13.5. The van der Waals surface area contributed by atoms with E-state index in [1.54, 1.807) is 17.0 Å². The lowest BCUT2D eigenvalue weighted by Crippen LogP contribution is -2.33. The number of amides is 2. The lowest BCUT2D eigenvalue weighted by atomic mass is 10.1. The second kappa shape index (κ2) is 8.93. The number of aromatic nitrogens is 1. The lowest BCUT2D eigenvalue weighted by molar-refractivity contribution is -0.129. The Hall–Kier alpha value is -2.79. The van der Waals surface area contributed by atoms with Crippen LogP contribution in [0.5, 0.6) is 0 Å². The minimum absolute atomic E-state index is 0.0356. The fraction of sp³-hybridized carbons (Fsp3) is 0.273. The van der Waals surface area contributed by atoms with Crippen molar-refractivity contribution in [2.45, 2.75) is 26.7 Å². The normalized spacial score (nSPS) is 10.8. The topological polar surface area (TPSA) is 65.2 Å². The van der Waals surface area contributed by atoms with E-state index in [0.29, 0.717) is 23.8 Å². The van der Waals surface area contributed by atoms with Crippen LogP contribution >= 0.6 is 11.6 Å². The van der Waals surface area contributed by atoms with E-state index in [9.17, 15) is 9.59 Å². The summed E-state index contributed by atoms with van der Waals surface area (Å²) in [7, 11) is 0. The van der Waals surface area contributed by atoms with Gasteiger partial charge in [0.1, 0.15) is 0 Å². The molecule has 0 saturated heterocycles. The maximum Gasteiger partial charge on any atom is 0.226 e. The Bertz CT molecular complexity index is 996. The van der Waals surface area contributed by atoms with E-state index in [-0.39, 0.29) is 18.2 Å². The van der Waals surface area contributed by atoms with Crippen LogP contribution in [0.1, 0.15) is 24.5 Å². The van der Waals surface area contributed by atoms with E-state index in [4.69, 9.17) is 11.6 Å². The summed E-state index contributed by atoms with van der Waals surface area (Å²) in [6.07, 6.45) is 2.95. The molecule has 0 atom stereocenters. The lowest BCUT2D eigenvalue weighted by Gasteiger charge is -2.21. The van der Waals surface area contributed by atoms with Gasteiger partial charge in [-0.1, -0.05) is 35.9 Å². The van der Waals surface area contributed by atoms with Gasteiger partial charge in [-0.3, -0.25) is 9.59 Å². The molecule has 1 heterocycles. The highest BCUT2D eigenvalue weighted by Gasteiger charge is 2.13. The van der Waals surface area contributed by atoms with Crippen LogP contribution in [0.3, 0.4) is 0 Å². The van der Waals surface area contributed by atoms with Crippen LogP contribution in [0.4, 0.5) is 5.69 Å². The first kappa shape index (κ1) is 20.0. The highest BCUT2D eigenvalue weighted by molar-refractivity contribution is 6.31. The number of aromatic amines is 1. The van der Waals surface area contributed by atoms with Crippen molar-refractivity contribution in [3.05, 3.63) is 64.8 Å². The summed E-state index contributed by atoms with van der Waals surface area (Å²) in [5, 5.41) is 4.65. The Morgan fingerprint density at radius 2 is 1.89 bits per heavy atom. The molecular formula is C22H24ClN3O2. The largest absolute Gasteiger partial charge is 0.361 e. The number of nitrogens with one attached hydrogen (secondary N) is 2. The quantitative estimate of drug-likeness (QED) is 0.614.